The predicted molar refractivity (Wildman–Crippen MR) is 132 cm³/mol. The van der Waals surface area contributed by atoms with Crippen molar-refractivity contribution in [1.82, 2.24) is 35.5 Å². The Hall–Kier alpha value is -4.40. The molecule has 3 aromatic rings. The number of tetrazole rings is 1. The Morgan fingerprint density at radius 3 is 3.05 bits per heavy atom. The number of cyclic esters (lactones) is 1. The van der Waals surface area contributed by atoms with Gasteiger partial charge in [0.15, 0.2) is 24.6 Å². The number of rotatable bonds is 10. The van der Waals surface area contributed by atoms with E-state index < -0.39 is 6.09 Å². The first-order valence-corrected chi connectivity index (χ1v) is 12.7. The van der Waals surface area contributed by atoms with E-state index in [2.05, 4.69) is 36.0 Å². The number of carbonyl (C=O) groups excluding carboxylic acids is 2. The highest BCUT2D eigenvalue weighted by Crippen LogP contribution is 2.32. The molecule has 6 rings (SSSR count). The van der Waals surface area contributed by atoms with Gasteiger partial charge in [-0.15, -0.1) is 10.2 Å². The average Bonchev–Trinajstić information content (AvgIpc) is 3.67. The molecule has 4 heterocycles. The molecule has 2 unspecified atom stereocenters. The van der Waals surface area contributed by atoms with Gasteiger partial charge in [-0.3, -0.25) is 9.69 Å². The number of fused-ring (bicyclic) bond motifs is 2. The SMILES string of the molecule is O=C1COc2ncc(N3CC(CCNCC4Cc5cc(OCCn6ncnn6)cc(F)c5C4)OC3=O)nc2N1. The van der Waals surface area contributed by atoms with E-state index in [1.54, 1.807) is 0 Å². The van der Waals surface area contributed by atoms with Crippen LogP contribution >= 0.6 is 0 Å². The predicted octanol–water partition coefficient (Wildman–Crippen LogP) is 0.732. The van der Waals surface area contributed by atoms with Crippen LogP contribution in [0.4, 0.5) is 20.8 Å². The lowest BCUT2D eigenvalue weighted by Crippen LogP contribution is -2.30. The van der Waals surface area contributed by atoms with Crippen molar-refractivity contribution >= 4 is 23.6 Å². The first-order valence-electron chi connectivity index (χ1n) is 12.7. The summed E-state index contributed by atoms with van der Waals surface area (Å²) in [7, 11) is 0. The van der Waals surface area contributed by atoms with Gasteiger partial charge < -0.3 is 24.8 Å². The van der Waals surface area contributed by atoms with E-state index in [1.165, 1.54) is 28.3 Å². The van der Waals surface area contributed by atoms with Crippen LogP contribution < -0.4 is 25.0 Å². The van der Waals surface area contributed by atoms with Gasteiger partial charge in [-0.1, -0.05) is 0 Å². The largest absolute Gasteiger partial charge is 0.491 e. The number of hydrogen-bond acceptors (Lipinski definition) is 11. The molecule has 2 atom stereocenters. The molecule has 204 valence electrons. The number of hydrogen-bond donors (Lipinski definition) is 2. The molecule has 1 saturated heterocycles. The Morgan fingerprint density at radius 2 is 2.18 bits per heavy atom. The van der Waals surface area contributed by atoms with Crippen LogP contribution in [-0.4, -0.2) is 81.1 Å². The van der Waals surface area contributed by atoms with E-state index in [4.69, 9.17) is 14.2 Å². The number of carbonyl (C=O) groups is 2. The summed E-state index contributed by atoms with van der Waals surface area (Å²) >= 11 is 0. The number of nitrogens with zero attached hydrogens (tertiary/aromatic N) is 7. The Morgan fingerprint density at radius 1 is 1.26 bits per heavy atom. The zero-order valence-electron chi connectivity index (χ0n) is 20.9. The molecule has 14 nitrogen and oxygen atoms in total. The molecule has 3 aliphatic rings. The van der Waals surface area contributed by atoms with Gasteiger partial charge >= 0.3 is 6.09 Å². The third-order valence-electron chi connectivity index (χ3n) is 6.76. The minimum absolute atomic E-state index is 0.122. The van der Waals surface area contributed by atoms with Gasteiger partial charge in [0.1, 0.15) is 24.3 Å². The maximum Gasteiger partial charge on any atom is 0.415 e. The van der Waals surface area contributed by atoms with Crippen LogP contribution in [0.2, 0.25) is 0 Å². The molecule has 0 bridgehead atoms. The minimum Gasteiger partial charge on any atom is -0.491 e. The fraction of sp³-hybridized carbons (Fsp3) is 0.458. The van der Waals surface area contributed by atoms with Gasteiger partial charge in [0.2, 0.25) is 0 Å². The molecule has 0 radical (unpaired) electrons. The highest BCUT2D eigenvalue weighted by molar-refractivity contribution is 5.94. The van der Waals surface area contributed by atoms with Gasteiger partial charge in [0, 0.05) is 6.07 Å². The van der Waals surface area contributed by atoms with Crippen LogP contribution in [0.5, 0.6) is 11.6 Å². The second-order valence-corrected chi connectivity index (χ2v) is 9.53. The Labute approximate surface area is 221 Å². The molecule has 2 aliphatic heterocycles. The Kier molecular flexibility index (Phi) is 6.87. The number of benzene rings is 1. The fourth-order valence-electron chi connectivity index (χ4n) is 4.93. The summed E-state index contributed by atoms with van der Waals surface area (Å²) in [6, 6.07) is 3.33. The normalized spacial score (nSPS) is 19.8. The number of anilines is 2. The van der Waals surface area contributed by atoms with Crippen LogP contribution in [0.1, 0.15) is 17.5 Å². The van der Waals surface area contributed by atoms with Gasteiger partial charge in [-0.05, 0) is 60.7 Å². The zero-order valence-corrected chi connectivity index (χ0v) is 20.9. The molecule has 2 aromatic heterocycles. The van der Waals surface area contributed by atoms with E-state index in [-0.39, 0.29) is 47.9 Å². The highest BCUT2D eigenvalue weighted by atomic mass is 19.1. The van der Waals surface area contributed by atoms with Crippen LogP contribution in [0.3, 0.4) is 0 Å². The van der Waals surface area contributed by atoms with Gasteiger partial charge in [-0.25, -0.2) is 19.2 Å². The summed E-state index contributed by atoms with van der Waals surface area (Å²) in [5, 5.41) is 17.3. The summed E-state index contributed by atoms with van der Waals surface area (Å²) < 4.78 is 31.1. The molecule has 39 heavy (non-hydrogen) atoms. The molecule has 0 saturated carbocycles. The van der Waals surface area contributed by atoms with Crippen LogP contribution in [0.25, 0.3) is 0 Å². The molecule has 2 N–H and O–H groups in total. The number of aromatic nitrogens is 6. The molecule has 2 amide bonds. The first kappa shape index (κ1) is 24.9. The molecule has 0 spiro atoms. The maximum atomic E-state index is 14.7. The van der Waals surface area contributed by atoms with Crippen molar-refractivity contribution < 1.29 is 28.2 Å². The molecule has 1 fully saturated rings. The highest BCUT2D eigenvalue weighted by Gasteiger charge is 2.34. The van der Waals surface area contributed by atoms with Crippen LogP contribution in [-0.2, 0) is 28.9 Å². The summed E-state index contributed by atoms with van der Waals surface area (Å²) in [4.78, 5) is 35.2. The summed E-state index contributed by atoms with van der Waals surface area (Å²) in [5.41, 5.74) is 1.70. The zero-order chi connectivity index (χ0) is 26.8. The molecule has 1 aliphatic carbocycles. The fourth-order valence-corrected chi connectivity index (χ4v) is 4.93. The van der Waals surface area contributed by atoms with Crippen molar-refractivity contribution in [3.05, 3.63) is 41.6 Å². The smallest absolute Gasteiger partial charge is 0.415 e. The lowest BCUT2D eigenvalue weighted by Gasteiger charge is -2.18. The minimum atomic E-state index is -0.519. The third-order valence-corrected chi connectivity index (χ3v) is 6.76. The van der Waals surface area contributed by atoms with E-state index in [9.17, 15) is 14.0 Å². The second-order valence-electron chi connectivity index (χ2n) is 9.53. The monoisotopic (exact) mass is 539 g/mol. The molecule has 15 heteroatoms. The number of nitrogens with one attached hydrogen (secondary N) is 2. The van der Waals surface area contributed by atoms with E-state index in [1.807, 2.05) is 6.07 Å². The lowest BCUT2D eigenvalue weighted by molar-refractivity contribution is -0.118. The second kappa shape index (κ2) is 10.8. The van der Waals surface area contributed by atoms with E-state index in [0.717, 1.165) is 17.5 Å². The average molecular weight is 540 g/mol. The summed E-state index contributed by atoms with van der Waals surface area (Å²) in [5.74, 6) is 0.841. The quantitative estimate of drug-likeness (QED) is 0.350. The van der Waals surface area contributed by atoms with Crippen molar-refractivity contribution in [2.75, 3.05) is 43.1 Å². The number of amides is 2. The van der Waals surface area contributed by atoms with E-state index >= 15 is 0 Å². The van der Waals surface area contributed by atoms with Crippen molar-refractivity contribution in [1.29, 1.82) is 0 Å². The first-order chi connectivity index (χ1) is 19.0. The molecule has 1 aromatic carbocycles. The maximum absolute atomic E-state index is 14.7. The van der Waals surface area contributed by atoms with Gasteiger partial charge in [0.25, 0.3) is 11.8 Å². The topological polar surface area (TPSA) is 159 Å². The number of ether oxygens (including phenoxy) is 3. The van der Waals surface area contributed by atoms with Gasteiger partial charge in [0.05, 0.1) is 19.3 Å². The lowest BCUT2D eigenvalue weighted by atomic mass is 10.1. The number of halogens is 1. The Bertz CT molecular complexity index is 1370. The van der Waals surface area contributed by atoms with Crippen molar-refractivity contribution in [3.63, 3.8) is 0 Å². The summed E-state index contributed by atoms with van der Waals surface area (Å²) in [6.45, 7) is 2.27. The standard InChI is InChI=1S/C24H26FN9O5/c25-19-8-17(37-4-3-34-29-13-28-32-34)7-15-5-14(6-18(15)19)9-26-2-1-16-11-33(24(36)39-16)20-10-27-23-22(30-20)31-21(35)12-38-23/h7-8,10,13-14,16,26H,1-6,9,11-12H2,(H,30,31,35). The Balaban J connectivity index is 0.948. The van der Waals surface area contributed by atoms with E-state index in [0.29, 0.717) is 51.4 Å². The van der Waals surface area contributed by atoms with Crippen LogP contribution in [0, 0.1) is 11.7 Å². The van der Waals surface area contributed by atoms with Crippen molar-refractivity contribution in [2.45, 2.75) is 31.9 Å². The van der Waals surface area contributed by atoms with Crippen LogP contribution in [0.15, 0.2) is 24.7 Å². The van der Waals surface area contributed by atoms with Crippen molar-refractivity contribution in [3.8, 4) is 11.6 Å². The van der Waals surface area contributed by atoms with Crippen molar-refractivity contribution in [2.24, 2.45) is 5.92 Å². The summed E-state index contributed by atoms with van der Waals surface area (Å²) in [6.07, 6.45) is 3.94. The van der Waals surface area contributed by atoms with Gasteiger partial charge in [-0.2, -0.15) is 4.80 Å². The third kappa shape index (κ3) is 5.57. The molecular formula is C24H26FN9O5. The molecular weight excluding hydrogens is 513 g/mol.